The van der Waals surface area contributed by atoms with Gasteiger partial charge in [-0.1, -0.05) is 6.42 Å². The summed E-state index contributed by atoms with van der Waals surface area (Å²) in [4.78, 5) is 0. The first-order valence-corrected chi connectivity index (χ1v) is 5.87. The van der Waals surface area contributed by atoms with Crippen molar-refractivity contribution in [3.63, 3.8) is 0 Å². The number of furan rings is 1. The summed E-state index contributed by atoms with van der Waals surface area (Å²) in [6, 6.07) is 4.04. The summed E-state index contributed by atoms with van der Waals surface area (Å²) >= 11 is 2.19. The first kappa shape index (κ1) is 9.52. The SMILES string of the molecule is Ic1ccc(CNCC2CCC2)o1. The fourth-order valence-electron chi connectivity index (χ4n) is 1.54. The zero-order chi connectivity index (χ0) is 9.10. The van der Waals surface area contributed by atoms with Crippen molar-refractivity contribution in [2.24, 2.45) is 5.92 Å². The average molecular weight is 291 g/mol. The van der Waals surface area contributed by atoms with Crippen LogP contribution >= 0.6 is 22.6 Å². The van der Waals surface area contributed by atoms with E-state index in [9.17, 15) is 0 Å². The van der Waals surface area contributed by atoms with Gasteiger partial charge in [-0.25, -0.2) is 0 Å². The maximum atomic E-state index is 5.44. The van der Waals surface area contributed by atoms with Crippen LogP contribution in [-0.2, 0) is 6.54 Å². The topological polar surface area (TPSA) is 25.2 Å². The quantitative estimate of drug-likeness (QED) is 0.863. The van der Waals surface area contributed by atoms with Gasteiger partial charge in [0.05, 0.1) is 6.54 Å². The van der Waals surface area contributed by atoms with Gasteiger partial charge in [0.25, 0.3) is 0 Å². The molecule has 3 heteroatoms. The summed E-state index contributed by atoms with van der Waals surface area (Å²) in [7, 11) is 0. The third kappa shape index (κ3) is 2.71. The van der Waals surface area contributed by atoms with Crippen molar-refractivity contribution in [3.8, 4) is 0 Å². The molecule has 1 aliphatic rings. The Bertz CT molecular complexity index is 268. The molecule has 0 unspecified atom stereocenters. The Morgan fingerprint density at radius 3 is 2.85 bits per heavy atom. The van der Waals surface area contributed by atoms with Crippen LogP contribution in [0.25, 0.3) is 0 Å². The summed E-state index contributed by atoms with van der Waals surface area (Å²) < 4.78 is 6.41. The minimum absolute atomic E-state index is 0.875. The number of halogens is 1. The number of rotatable bonds is 4. The number of hydrogen-bond donors (Lipinski definition) is 1. The van der Waals surface area contributed by atoms with E-state index in [1.807, 2.05) is 12.1 Å². The average Bonchev–Trinajstić information content (AvgIpc) is 2.42. The highest BCUT2D eigenvalue weighted by Gasteiger charge is 2.16. The van der Waals surface area contributed by atoms with Crippen LogP contribution in [0.5, 0.6) is 0 Å². The Morgan fingerprint density at radius 1 is 1.46 bits per heavy atom. The van der Waals surface area contributed by atoms with E-state index in [2.05, 4.69) is 27.9 Å². The predicted molar refractivity (Wildman–Crippen MR) is 60.5 cm³/mol. The minimum Gasteiger partial charge on any atom is -0.454 e. The smallest absolute Gasteiger partial charge is 0.164 e. The van der Waals surface area contributed by atoms with E-state index in [0.29, 0.717) is 0 Å². The van der Waals surface area contributed by atoms with Gasteiger partial charge in [-0.3, -0.25) is 0 Å². The van der Waals surface area contributed by atoms with E-state index >= 15 is 0 Å². The van der Waals surface area contributed by atoms with Gasteiger partial charge in [0.1, 0.15) is 5.76 Å². The second-order valence-electron chi connectivity index (χ2n) is 3.63. The molecule has 72 valence electrons. The molecule has 1 aromatic heterocycles. The molecule has 1 saturated carbocycles. The van der Waals surface area contributed by atoms with Crippen molar-refractivity contribution >= 4 is 22.6 Å². The lowest BCUT2D eigenvalue weighted by Gasteiger charge is -2.25. The molecule has 13 heavy (non-hydrogen) atoms. The molecule has 0 atom stereocenters. The maximum Gasteiger partial charge on any atom is 0.164 e. The van der Waals surface area contributed by atoms with Crippen LogP contribution in [0.2, 0.25) is 0 Å². The van der Waals surface area contributed by atoms with Crippen LogP contribution in [-0.4, -0.2) is 6.54 Å². The van der Waals surface area contributed by atoms with E-state index in [1.54, 1.807) is 0 Å². The third-order valence-electron chi connectivity index (χ3n) is 2.59. The first-order chi connectivity index (χ1) is 6.34. The Kier molecular flexibility index (Phi) is 3.27. The summed E-state index contributed by atoms with van der Waals surface area (Å²) in [5.41, 5.74) is 0. The highest BCUT2D eigenvalue weighted by atomic mass is 127. The number of hydrogen-bond acceptors (Lipinski definition) is 2. The fourth-order valence-corrected chi connectivity index (χ4v) is 2.01. The third-order valence-corrected chi connectivity index (χ3v) is 3.17. The lowest BCUT2D eigenvalue weighted by Crippen LogP contribution is -2.26. The Morgan fingerprint density at radius 2 is 2.31 bits per heavy atom. The largest absolute Gasteiger partial charge is 0.454 e. The van der Waals surface area contributed by atoms with Crippen LogP contribution in [0.1, 0.15) is 25.0 Å². The molecule has 0 bridgehead atoms. The van der Waals surface area contributed by atoms with Crippen LogP contribution in [0.3, 0.4) is 0 Å². The predicted octanol–water partition coefficient (Wildman–Crippen LogP) is 2.77. The molecule has 0 spiro atoms. The first-order valence-electron chi connectivity index (χ1n) is 4.79. The van der Waals surface area contributed by atoms with E-state index in [0.717, 1.165) is 28.5 Å². The molecule has 2 nitrogen and oxygen atoms in total. The maximum absolute atomic E-state index is 5.44. The number of nitrogens with one attached hydrogen (secondary N) is 1. The Labute approximate surface area is 92.2 Å². The molecule has 0 saturated heterocycles. The second kappa shape index (κ2) is 4.46. The van der Waals surface area contributed by atoms with Gasteiger partial charge in [-0.05, 0) is 60.0 Å². The fraction of sp³-hybridized carbons (Fsp3) is 0.600. The van der Waals surface area contributed by atoms with E-state index in [-0.39, 0.29) is 0 Å². The molecule has 1 aromatic rings. The highest BCUT2D eigenvalue weighted by Crippen LogP contribution is 2.25. The van der Waals surface area contributed by atoms with Gasteiger partial charge < -0.3 is 9.73 Å². The van der Waals surface area contributed by atoms with Crippen molar-refractivity contribution in [1.29, 1.82) is 0 Å². The molecule has 1 heterocycles. The highest BCUT2D eigenvalue weighted by molar-refractivity contribution is 14.1. The molecule has 0 aliphatic heterocycles. The normalized spacial score (nSPS) is 17.3. The van der Waals surface area contributed by atoms with Gasteiger partial charge in [-0.15, -0.1) is 0 Å². The van der Waals surface area contributed by atoms with E-state index in [4.69, 9.17) is 4.42 Å². The second-order valence-corrected chi connectivity index (χ2v) is 4.70. The zero-order valence-corrected chi connectivity index (χ0v) is 9.71. The molecule has 1 fully saturated rings. The van der Waals surface area contributed by atoms with Crippen LogP contribution in [0.15, 0.2) is 16.5 Å². The summed E-state index contributed by atoms with van der Waals surface area (Å²) in [5.74, 6) is 1.97. The molecule has 1 aliphatic carbocycles. The monoisotopic (exact) mass is 291 g/mol. The molecule has 0 radical (unpaired) electrons. The van der Waals surface area contributed by atoms with Crippen LogP contribution in [0.4, 0.5) is 0 Å². The van der Waals surface area contributed by atoms with E-state index < -0.39 is 0 Å². The Hall–Kier alpha value is -0.0300. The van der Waals surface area contributed by atoms with Crippen molar-refractivity contribution in [3.05, 3.63) is 21.7 Å². The molecule has 1 N–H and O–H groups in total. The molecular formula is C10H14INO. The molecule has 0 amide bonds. The molecule has 2 rings (SSSR count). The van der Waals surface area contributed by atoms with Gasteiger partial charge in [0, 0.05) is 0 Å². The summed E-state index contributed by atoms with van der Waals surface area (Å²) in [5, 5.41) is 3.42. The van der Waals surface area contributed by atoms with Gasteiger partial charge in [-0.2, -0.15) is 0 Å². The molecule has 0 aromatic carbocycles. The van der Waals surface area contributed by atoms with Crippen LogP contribution in [0, 0.1) is 9.68 Å². The lowest BCUT2D eigenvalue weighted by atomic mass is 9.85. The van der Waals surface area contributed by atoms with Crippen molar-refractivity contribution in [1.82, 2.24) is 5.32 Å². The zero-order valence-electron chi connectivity index (χ0n) is 7.55. The van der Waals surface area contributed by atoms with Crippen molar-refractivity contribution < 1.29 is 4.42 Å². The molecular weight excluding hydrogens is 277 g/mol. The Balaban J connectivity index is 1.67. The van der Waals surface area contributed by atoms with Crippen molar-refractivity contribution in [2.75, 3.05) is 6.54 Å². The van der Waals surface area contributed by atoms with E-state index in [1.165, 1.54) is 19.3 Å². The summed E-state index contributed by atoms with van der Waals surface area (Å²) in [6.07, 6.45) is 4.23. The van der Waals surface area contributed by atoms with Crippen LogP contribution < -0.4 is 5.32 Å². The lowest BCUT2D eigenvalue weighted by molar-refractivity contribution is 0.297. The van der Waals surface area contributed by atoms with Crippen molar-refractivity contribution in [2.45, 2.75) is 25.8 Å². The standard InChI is InChI=1S/C10H14INO/c11-10-5-4-9(13-10)7-12-6-8-2-1-3-8/h4-5,8,12H,1-3,6-7H2. The summed E-state index contributed by atoms with van der Waals surface area (Å²) in [6.45, 7) is 2.02. The minimum atomic E-state index is 0.875. The van der Waals surface area contributed by atoms with Gasteiger partial charge in [0.2, 0.25) is 0 Å². The van der Waals surface area contributed by atoms with Gasteiger partial charge >= 0.3 is 0 Å². The van der Waals surface area contributed by atoms with Gasteiger partial charge in [0.15, 0.2) is 3.77 Å².